The molecule has 0 heterocycles. The Morgan fingerprint density at radius 1 is 0.846 bits per heavy atom. The second-order valence-corrected chi connectivity index (χ2v) is 5.93. The molecule has 2 N–H and O–H groups in total. The zero-order chi connectivity index (χ0) is 19.1. The molecule has 0 saturated heterocycles. The third-order valence-corrected chi connectivity index (χ3v) is 3.83. The van der Waals surface area contributed by atoms with E-state index < -0.39 is 0 Å². The minimum Gasteiger partial charge on any atom is -0.326 e. The van der Waals surface area contributed by atoms with Gasteiger partial charge in [-0.05, 0) is 48.4 Å². The number of nitrogens with one attached hydrogen (secondary N) is 2. The number of carbonyl (C=O) groups is 3. The molecule has 6 nitrogen and oxygen atoms in total. The van der Waals surface area contributed by atoms with Gasteiger partial charge < -0.3 is 15.5 Å². The molecular weight excluding hydrogens is 330 g/mol. The number of rotatable bonds is 6. The Kier molecular flexibility index (Phi) is 6.49. The Morgan fingerprint density at radius 2 is 1.38 bits per heavy atom. The predicted molar refractivity (Wildman–Crippen MR) is 103 cm³/mol. The average Bonchev–Trinajstić information content (AvgIpc) is 2.60. The van der Waals surface area contributed by atoms with Gasteiger partial charge in [0, 0.05) is 30.9 Å². The molecule has 0 spiro atoms. The standard InChI is InChI=1S/C20H23N3O3/c1-4-16-5-7-18(8-6-16)22-20(26)13-23(15(3)25)19-11-9-17(10-12-19)21-14(2)24/h5-12H,4,13H2,1-3H3,(H,21,24)(H,22,26). The van der Waals surface area contributed by atoms with E-state index in [1.165, 1.54) is 24.3 Å². The summed E-state index contributed by atoms with van der Waals surface area (Å²) in [6, 6.07) is 14.4. The van der Waals surface area contributed by atoms with Crippen molar-refractivity contribution in [2.75, 3.05) is 22.1 Å². The molecule has 6 heteroatoms. The van der Waals surface area contributed by atoms with E-state index in [4.69, 9.17) is 0 Å². The van der Waals surface area contributed by atoms with Crippen molar-refractivity contribution in [1.29, 1.82) is 0 Å². The van der Waals surface area contributed by atoms with E-state index in [1.807, 2.05) is 24.3 Å². The largest absolute Gasteiger partial charge is 0.326 e. The quantitative estimate of drug-likeness (QED) is 0.837. The summed E-state index contributed by atoms with van der Waals surface area (Å²) in [4.78, 5) is 36.7. The van der Waals surface area contributed by atoms with Crippen LogP contribution in [-0.4, -0.2) is 24.3 Å². The van der Waals surface area contributed by atoms with E-state index in [-0.39, 0.29) is 24.3 Å². The number of nitrogens with zero attached hydrogens (tertiary/aromatic N) is 1. The first-order valence-corrected chi connectivity index (χ1v) is 8.43. The Morgan fingerprint density at radius 3 is 1.88 bits per heavy atom. The number of carbonyl (C=O) groups excluding carboxylic acids is 3. The summed E-state index contributed by atoms with van der Waals surface area (Å²) in [6.07, 6.45) is 0.931. The third-order valence-electron chi connectivity index (χ3n) is 3.83. The highest BCUT2D eigenvalue weighted by Gasteiger charge is 2.16. The molecule has 0 aromatic heterocycles. The number of hydrogen-bond donors (Lipinski definition) is 2. The van der Waals surface area contributed by atoms with Crippen LogP contribution in [0.1, 0.15) is 26.3 Å². The van der Waals surface area contributed by atoms with E-state index in [9.17, 15) is 14.4 Å². The van der Waals surface area contributed by atoms with Gasteiger partial charge in [-0.1, -0.05) is 19.1 Å². The molecule has 0 radical (unpaired) electrons. The zero-order valence-electron chi connectivity index (χ0n) is 15.2. The second-order valence-electron chi connectivity index (χ2n) is 5.93. The molecule has 0 aliphatic heterocycles. The maximum Gasteiger partial charge on any atom is 0.244 e. The zero-order valence-corrected chi connectivity index (χ0v) is 15.2. The van der Waals surface area contributed by atoms with Gasteiger partial charge >= 0.3 is 0 Å². The lowest BCUT2D eigenvalue weighted by Crippen LogP contribution is -2.36. The van der Waals surface area contributed by atoms with Gasteiger partial charge in [-0.2, -0.15) is 0 Å². The van der Waals surface area contributed by atoms with Crippen LogP contribution in [0.2, 0.25) is 0 Å². The Bertz CT molecular complexity index is 783. The van der Waals surface area contributed by atoms with Crippen LogP contribution in [0.4, 0.5) is 17.1 Å². The van der Waals surface area contributed by atoms with Crippen LogP contribution < -0.4 is 15.5 Å². The van der Waals surface area contributed by atoms with Gasteiger partial charge in [0.05, 0.1) is 0 Å². The molecule has 2 aromatic carbocycles. The first-order valence-electron chi connectivity index (χ1n) is 8.43. The van der Waals surface area contributed by atoms with Crippen LogP contribution in [0.5, 0.6) is 0 Å². The molecule has 0 atom stereocenters. The maximum atomic E-state index is 12.3. The summed E-state index contributed by atoms with van der Waals surface area (Å²) in [5.41, 5.74) is 3.10. The summed E-state index contributed by atoms with van der Waals surface area (Å²) < 4.78 is 0. The van der Waals surface area contributed by atoms with Crippen molar-refractivity contribution >= 4 is 34.8 Å². The van der Waals surface area contributed by atoms with Gasteiger partial charge in [-0.3, -0.25) is 14.4 Å². The third kappa shape index (κ3) is 5.44. The number of benzene rings is 2. The van der Waals surface area contributed by atoms with Crippen LogP contribution in [0.15, 0.2) is 48.5 Å². The molecule has 3 amide bonds. The van der Waals surface area contributed by atoms with Crippen molar-refractivity contribution in [3.63, 3.8) is 0 Å². The molecule has 0 aliphatic rings. The van der Waals surface area contributed by atoms with Crippen LogP contribution in [0.3, 0.4) is 0 Å². The first-order chi connectivity index (χ1) is 12.4. The van der Waals surface area contributed by atoms with Crippen molar-refractivity contribution in [2.45, 2.75) is 27.2 Å². The topological polar surface area (TPSA) is 78.5 Å². The summed E-state index contributed by atoms with van der Waals surface area (Å²) in [5, 5.41) is 5.46. The number of amides is 3. The number of hydrogen-bond acceptors (Lipinski definition) is 3. The second kappa shape index (κ2) is 8.80. The van der Waals surface area contributed by atoms with Gasteiger partial charge in [0.15, 0.2) is 0 Å². The fraction of sp³-hybridized carbons (Fsp3) is 0.250. The molecule has 0 saturated carbocycles. The summed E-state index contributed by atoms with van der Waals surface area (Å²) in [5.74, 6) is -0.696. The lowest BCUT2D eigenvalue weighted by molar-refractivity contribution is -0.120. The van der Waals surface area contributed by atoms with Gasteiger partial charge in [0.1, 0.15) is 6.54 Å². The highest BCUT2D eigenvalue weighted by atomic mass is 16.2. The Labute approximate surface area is 153 Å². The minimum absolute atomic E-state index is 0.0929. The summed E-state index contributed by atoms with van der Waals surface area (Å²) in [7, 11) is 0. The van der Waals surface area contributed by atoms with Crippen molar-refractivity contribution in [3.8, 4) is 0 Å². The van der Waals surface area contributed by atoms with Crippen molar-refractivity contribution in [1.82, 2.24) is 0 Å². The predicted octanol–water partition coefficient (Wildman–Crippen LogP) is 3.20. The van der Waals surface area contributed by atoms with Crippen LogP contribution in [0.25, 0.3) is 0 Å². The maximum absolute atomic E-state index is 12.3. The minimum atomic E-state index is -0.282. The van der Waals surface area contributed by atoms with Gasteiger partial charge in [0.25, 0.3) is 0 Å². The molecular formula is C20H23N3O3. The average molecular weight is 353 g/mol. The Balaban J connectivity index is 2.05. The smallest absolute Gasteiger partial charge is 0.244 e. The molecule has 136 valence electrons. The van der Waals surface area contributed by atoms with Crippen LogP contribution >= 0.6 is 0 Å². The van der Waals surface area contributed by atoms with Crippen LogP contribution in [0, 0.1) is 0 Å². The molecule has 2 rings (SSSR count). The fourth-order valence-corrected chi connectivity index (χ4v) is 2.48. The monoisotopic (exact) mass is 353 g/mol. The number of aryl methyl sites for hydroxylation is 1. The number of anilines is 3. The SMILES string of the molecule is CCc1ccc(NC(=O)CN(C(C)=O)c2ccc(NC(C)=O)cc2)cc1. The van der Waals surface area contributed by atoms with Gasteiger partial charge in [-0.15, -0.1) is 0 Å². The highest BCUT2D eigenvalue weighted by Crippen LogP contribution is 2.18. The van der Waals surface area contributed by atoms with Gasteiger partial charge in [-0.25, -0.2) is 0 Å². The first kappa shape index (κ1) is 19.2. The molecule has 26 heavy (non-hydrogen) atoms. The van der Waals surface area contributed by atoms with E-state index in [2.05, 4.69) is 17.6 Å². The highest BCUT2D eigenvalue weighted by molar-refractivity contribution is 6.02. The van der Waals surface area contributed by atoms with E-state index in [0.717, 1.165) is 6.42 Å². The van der Waals surface area contributed by atoms with Crippen molar-refractivity contribution in [2.24, 2.45) is 0 Å². The van der Waals surface area contributed by atoms with Gasteiger partial charge in [0.2, 0.25) is 17.7 Å². The summed E-state index contributed by atoms with van der Waals surface area (Å²) >= 11 is 0. The molecule has 0 unspecified atom stereocenters. The Hall–Kier alpha value is -3.15. The lowest BCUT2D eigenvalue weighted by atomic mass is 10.1. The van der Waals surface area contributed by atoms with Crippen LogP contribution in [-0.2, 0) is 20.8 Å². The molecule has 0 aliphatic carbocycles. The van der Waals surface area contributed by atoms with E-state index in [0.29, 0.717) is 17.1 Å². The van der Waals surface area contributed by atoms with Crippen molar-refractivity contribution < 1.29 is 14.4 Å². The van der Waals surface area contributed by atoms with E-state index >= 15 is 0 Å². The normalized spacial score (nSPS) is 10.1. The van der Waals surface area contributed by atoms with E-state index in [1.54, 1.807) is 24.3 Å². The lowest BCUT2D eigenvalue weighted by Gasteiger charge is -2.21. The molecule has 2 aromatic rings. The fourth-order valence-electron chi connectivity index (χ4n) is 2.48. The molecule has 0 bridgehead atoms. The molecule has 0 fully saturated rings. The summed E-state index contributed by atoms with van der Waals surface area (Å²) in [6.45, 7) is 4.80. The van der Waals surface area contributed by atoms with Crippen molar-refractivity contribution in [3.05, 3.63) is 54.1 Å².